The van der Waals surface area contributed by atoms with Crippen molar-refractivity contribution in [2.75, 3.05) is 0 Å². The molecule has 0 saturated carbocycles. The number of allylic oxidation sites excluding steroid dienone is 1. The Morgan fingerprint density at radius 3 is 1.86 bits per heavy atom. The Labute approximate surface area is 166 Å². The summed E-state index contributed by atoms with van der Waals surface area (Å²) in [6.07, 6.45) is 1.70. The summed E-state index contributed by atoms with van der Waals surface area (Å²) in [5, 5.41) is 31.4. The number of hydrogen-bond acceptors (Lipinski definition) is 4. The second-order valence-electron chi connectivity index (χ2n) is 8.94. The minimum atomic E-state index is -0.454. The van der Waals surface area contributed by atoms with E-state index >= 15 is 0 Å². The van der Waals surface area contributed by atoms with Crippen molar-refractivity contribution in [2.24, 2.45) is 0 Å². The van der Waals surface area contributed by atoms with Crippen LogP contribution in [0, 0.1) is 21.4 Å². The Hall–Kier alpha value is -3.13. The number of rotatable bonds is 3. The van der Waals surface area contributed by atoms with Gasteiger partial charge in [-0.25, -0.2) is 0 Å². The predicted octanol–water partition coefficient (Wildman–Crippen LogP) is 5.96. The lowest BCUT2D eigenvalue weighted by Gasteiger charge is -2.28. The van der Waals surface area contributed by atoms with E-state index in [0.717, 1.165) is 11.1 Å². The number of non-ortho nitro benzene ring substituents is 1. The zero-order chi connectivity index (χ0) is 21.3. The summed E-state index contributed by atoms with van der Waals surface area (Å²) in [6.45, 7) is 12.1. The van der Waals surface area contributed by atoms with Gasteiger partial charge in [-0.3, -0.25) is 10.1 Å². The summed E-state index contributed by atoms with van der Waals surface area (Å²) in [6, 6.07) is 12.0. The summed E-state index contributed by atoms with van der Waals surface area (Å²) in [4.78, 5) is 10.4. The number of benzene rings is 2. The van der Waals surface area contributed by atoms with Gasteiger partial charge in [-0.05, 0) is 52.3 Å². The normalized spacial score (nSPS) is 12.5. The fourth-order valence-corrected chi connectivity index (χ4v) is 2.97. The molecule has 0 fully saturated rings. The first-order chi connectivity index (χ1) is 12.8. The van der Waals surface area contributed by atoms with E-state index in [1.54, 1.807) is 18.2 Å². The molecule has 0 amide bonds. The highest BCUT2D eigenvalue weighted by molar-refractivity contribution is 5.90. The number of nitriles is 1. The first kappa shape index (κ1) is 21.2. The SMILES string of the molecule is CC(C)(C)c1cc(C(C#N)=Cc2ccc([N+](=O)[O-])cc2)cc(C(C)(C)C)c1O. The van der Waals surface area contributed by atoms with Crippen molar-refractivity contribution in [3.05, 3.63) is 68.8 Å². The molecule has 28 heavy (non-hydrogen) atoms. The average Bonchev–Trinajstić information content (AvgIpc) is 2.58. The Morgan fingerprint density at radius 1 is 1.04 bits per heavy atom. The number of nitro groups is 1. The van der Waals surface area contributed by atoms with Crippen molar-refractivity contribution in [2.45, 2.75) is 52.4 Å². The molecular formula is C23H26N2O3. The van der Waals surface area contributed by atoms with Crippen molar-refractivity contribution in [1.82, 2.24) is 0 Å². The second-order valence-corrected chi connectivity index (χ2v) is 8.94. The summed E-state index contributed by atoms with van der Waals surface area (Å²) < 4.78 is 0. The highest BCUT2D eigenvalue weighted by atomic mass is 16.6. The molecule has 0 heterocycles. The largest absolute Gasteiger partial charge is 0.507 e. The minimum absolute atomic E-state index is 0.00493. The van der Waals surface area contributed by atoms with Gasteiger partial charge in [0.15, 0.2) is 0 Å². The van der Waals surface area contributed by atoms with Crippen LogP contribution in [-0.4, -0.2) is 10.0 Å². The lowest BCUT2D eigenvalue weighted by Crippen LogP contribution is -2.17. The molecule has 5 heteroatoms. The van der Waals surface area contributed by atoms with Crippen LogP contribution < -0.4 is 0 Å². The average molecular weight is 378 g/mol. The number of nitro benzene ring substituents is 1. The van der Waals surface area contributed by atoms with Crippen LogP contribution in [0.5, 0.6) is 5.75 Å². The fraction of sp³-hybridized carbons (Fsp3) is 0.348. The third-order valence-electron chi connectivity index (χ3n) is 4.57. The molecule has 2 aromatic rings. The number of hydrogen-bond donors (Lipinski definition) is 1. The molecule has 2 rings (SSSR count). The van der Waals surface area contributed by atoms with Crippen LogP contribution in [0.25, 0.3) is 11.6 Å². The molecule has 2 aromatic carbocycles. The van der Waals surface area contributed by atoms with E-state index < -0.39 is 4.92 Å². The Bertz CT molecular complexity index is 932. The molecule has 0 aromatic heterocycles. The number of aromatic hydroxyl groups is 1. The molecular weight excluding hydrogens is 352 g/mol. The third kappa shape index (κ3) is 4.58. The van der Waals surface area contributed by atoms with Crippen molar-refractivity contribution in [3.63, 3.8) is 0 Å². The van der Waals surface area contributed by atoms with E-state index in [1.807, 2.05) is 53.7 Å². The first-order valence-corrected chi connectivity index (χ1v) is 9.09. The third-order valence-corrected chi connectivity index (χ3v) is 4.57. The van der Waals surface area contributed by atoms with Gasteiger partial charge < -0.3 is 5.11 Å². The topological polar surface area (TPSA) is 87.2 Å². The van der Waals surface area contributed by atoms with Crippen molar-refractivity contribution >= 4 is 17.3 Å². The maximum Gasteiger partial charge on any atom is 0.269 e. The van der Waals surface area contributed by atoms with E-state index in [-0.39, 0.29) is 22.3 Å². The van der Waals surface area contributed by atoms with Gasteiger partial charge >= 0.3 is 0 Å². The van der Waals surface area contributed by atoms with Gasteiger partial charge in [-0.2, -0.15) is 5.26 Å². The number of nitrogens with zero attached hydrogens (tertiary/aromatic N) is 2. The van der Waals surface area contributed by atoms with Gasteiger partial charge in [-0.15, -0.1) is 0 Å². The highest BCUT2D eigenvalue weighted by Crippen LogP contribution is 2.41. The van der Waals surface area contributed by atoms with Crippen LogP contribution in [0.15, 0.2) is 36.4 Å². The molecule has 1 N–H and O–H groups in total. The molecule has 0 bridgehead atoms. The van der Waals surface area contributed by atoms with Gasteiger partial charge in [0.2, 0.25) is 0 Å². The summed E-state index contributed by atoms with van der Waals surface area (Å²) >= 11 is 0. The first-order valence-electron chi connectivity index (χ1n) is 9.09. The molecule has 5 nitrogen and oxygen atoms in total. The van der Waals surface area contributed by atoms with E-state index in [2.05, 4.69) is 6.07 Å². The quantitative estimate of drug-likeness (QED) is 0.309. The summed E-state index contributed by atoms with van der Waals surface area (Å²) in [5.41, 5.74) is 2.82. The van der Waals surface area contributed by atoms with E-state index in [1.165, 1.54) is 12.1 Å². The lowest BCUT2D eigenvalue weighted by molar-refractivity contribution is -0.384. The molecule has 0 radical (unpaired) electrons. The fourth-order valence-electron chi connectivity index (χ4n) is 2.97. The van der Waals surface area contributed by atoms with Crippen LogP contribution in [0.1, 0.15) is 63.8 Å². The zero-order valence-corrected chi connectivity index (χ0v) is 17.2. The smallest absolute Gasteiger partial charge is 0.269 e. The molecule has 0 aliphatic rings. The molecule has 0 unspecified atom stereocenters. The monoisotopic (exact) mass is 378 g/mol. The predicted molar refractivity (Wildman–Crippen MR) is 112 cm³/mol. The maximum atomic E-state index is 10.8. The van der Waals surface area contributed by atoms with Gasteiger partial charge in [-0.1, -0.05) is 41.5 Å². The minimum Gasteiger partial charge on any atom is -0.507 e. The Balaban J connectivity index is 2.66. The maximum absolute atomic E-state index is 10.8. The Morgan fingerprint density at radius 2 is 1.50 bits per heavy atom. The lowest BCUT2D eigenvalue weighted by atomic mass is 9.77. The van der Waals surface area contributed by atoms with E-state index in [0.29, 0.717) is 16.7 Å². The molecule has 0 aliphatic heterocycles. The zero-order valence-electron chi connectivity index (χ0n) is 17.2. The second kappa shape index (κ2) is 7.47. The molecule has 0 atom stereocenters. The van der Waals surface area contributed by atoms with E-state index in [9.17, 15) is 20.5 Å². The van der Waals surface area contributed by atoms with Crippen LogP contribution in [0.3, 0.4) is 0 Å². The molecule has 0 spiro atoms. The number of phenolic OH excluding ortho intramolecular Hbond substituents is 1. The van der Waals surface area contributed by atoms with Gasteiger partial charge in [0.25, 0.3) is 5.69 Å². The van der Waals surface area contributed by atoms with E-state index in [4.69, 9.17) is 0 Å². The summed E-state index contributed by atoms with van der Waals surface area (Å²) in [7, 11) is 0. The van der Waals surface area contributed by atoms with Crippen LogP contribution in [-0.2, 0) is 10.8 Å². The van der Waals surface area contributed by atoms with Crippen molar-refractivity contribution in [3.8, 4) is 11.8 Å². The molecule has 0 aliphatic carbocycles. The number of phenols is 1. The highest BCUT2D eigenvalue weighted by Gasteiger charge is 2.27. The van der Waals surface area contributed by atoms with Crippen LogP contribution in [0.4, 0.5) is 5.69 Å². The van der Waals surface area contributed by atoms with Crippen LogP contribution in [0.2, 0.25) is 0 Å². The molecule has 146 valence electrons. The van der Waals surface area contributed by atoms with Crippen LogP contribution >= 0.6 is 0 Å². The standard InChI is InChI=1S/C23H26N2O3/c1-22(2,3)19-12-16(13-20(21(19)26)23(4,5)6)17(14-24)11-15-7-9-18(10-8-15)25(27)28/h7-13,26H,1-6H3. The van der Waals surface area contributed by atoms with Gasteiger partial charge in [0.05, 0.1) is 16.6 Å². The van der Waals surface area contributed by atoms with Crippen molar-refractivity contribution < 1.29 is 10.0 Å². The molecule has 0 saturated heterocycles. The summed E-state index contributed by atoms with van der Waals surface area (Å²) in [5.74, 6) is 0.261. The van der Waals surface area contributed by atoms with Crippen molar-refractivity contribution in [1.29, 1.82) is 5.26 Å². The van der Waals surface area contributed by atoms with Gasteiger partial charge in [0.1, 0.15) is 5.75 Å². The Kier molecular flexibility index (Phi) is 5.65. The van der Waals surface area contributed by atoms with Gasteiger partial charge in [0, 0.05) is 23.3 Å².